The lowest BCUT2D eigenvalue weighted by atomic mass is 9.96. The van der Waals surface area contributed by atoms with Gasteiger partial charge in [-0.25, -0.2) is 12.7 Å². The summed E-state index contributed by atoms with van der Waals surface area (Å²) in [5.41, 5.74) is 4.33. The standard InChI is InChI=1S/C24H31N3O3S/c1-18-6-8-19(9-7-18)16-26-13-4-5-21(17-26)24(28)27-14-12-20-15-22(10-11-23(20)27)31(29,30)25(2)3/h6-11,15,21H,4-5,12-14,16-17H2,1-3H3. The van der Waals surface area contributed by atoms with E-state index in [0.29, 0.717) is 13.0 Å². The van der Waals surface area contributed by atoms with Gasteiger partial charge in [-0.05, 0) is 62.1 Å². The number of rotatable bonds is 5. The van der Waals surface area contributed by atoms with Gasteiger partial charge in [0.1, 0.15) is 0 Å². The van der Waals surface area contributed by atoms with Crippen molar-refractivity contribution in [3.63, 3.8) is 0 Å². The molecule has 0 aliphatic carbocycles. The van der Waals surface area contributed by atoms with E-state index in [4.69, 9.17) is 0 Å². The van der Waals surface area contributed by atoms with E-state index in [2.05, 4.69) is 36.1 Å². The molecule has 0 aromatic heterocycles. The topological polar surface area (TPSA) is 60.9 Å². The van der Waals surface area contributed by atoms with E-state index in [0.717, 1.165) is 43.7 Å². The molecule has 1 fully saturated rings. The van der Waals surface area contributed by atoms with Crippen LogP contribution in [0.5, 0.6) is 0 Å². The van der Waals surface area contributed by atoms with Gasteiger partial charge in [0.05, 0.1) is 10.8 Å². The van der Waals surface area contributed by atoms with Crippen LogP contribution in [0.15, 0.2) is 47.4 Å². The molecule has 2 aliphatic heterocycles. The molecule has 0 radical (unpaired) electrons. The monoisotopic (exact) mass is 441 g/mol. The second kappa shape index (κ2) is 8.73. The Bertz CT molecular complexity index is 1060. The predicted molar refractivity (Wildman–Crippen MR) is 123 cm³/mol. The molecule has 166 valence electrons. The van der Waals surface area contributed by atoms with Crippen molar-refractivity contribution in [1.82, 2.24) is 9.21 Å². The number of benzene rings is 2. The lowest BCUT2D eigenvalue weighted by Crippen LogP contribution is -2.44. The van der Waals surface area contributed by atoms with Gasteiger partial charge in [0.2, 0.25) is 15.9 Å². The van der Waals surface area contributed by atoms with Crippen molar-refractivity contribution in [3.05, 3.63) is 59.2 Å². The average molecular weight is 442 g/mol. The SMILES string of the molecule is Cc1ccc(CN2CCCC(C(=O)N3CCc4cc(S(=O)(=O)N(C)C)ccc43)C2)cc1. The quantitative estimate of drug-likeness (QED) is 0.716. The Labute approximate surface area is 185 Å². The van der Waals surface area contributed by atoms with Crippen LogP contribution < -0.4 is 4.90 Å². The lowest BCUT2D eigenvalue weighted by molar-refractivity contribution is -0.124. The van der Waals surface area contributed by atoms with Crippen LogP contribution in [-0.4, -0.2) is 57.3 Å². The smallest absolute Gasteiger partial charge is 0.242 e. The molecule has 0 saturated carbocycles. The molecule has 1 unspecified atom stereocenters. The number of aryl methyl sites for hydroxylation is 1. The summed E-state index contributed by atoms with van der Waals surface area (Å²) in [4.78, 5) is 17.9. The third-order valence-corrected chi connectivity index (χ3v) is 8.18. The molecular formula is C24H31N3O3S. The van der Waals surface area contributed by atoms with E-state index in [1.807, 2.05) is 4.90 Å². The van der Waals surface area contributed by atoms with Crippen molar-refractivity contribution in [1.29, 1.82) is 0 Å². The summed E-state index contributed by atoms with van der Waals surface area (Å²) < 4.78 is 26.1. The minimum atomic E-state index is -3.47. The van der Waals surface area contributed by atoms with Gasteiger partial charge in [0.25, 0.3) is 0 Å². The maximum Gasteiger partial charge on any atom is 0.242 e. The first kappa shape index (κ1) is 22.0. The molecule has 0 spiro atoms. The van der Waals surface area contributed by atoms with Gasteiger partial charge in [0, 0.05) is 39.4 Å². The van der Waals surface area contributed by atoms with Gasteiger partial charge in [-0.1, -0.05) is 29.8 Å². The zero-order valence-electron chi connectivity index (χ0n) is 18.5. The van der Waals surface area contributed by atoms with Crippen molar-refractivity contribution in [3.8, 4) is 0 Å². The minimum Gasteiger partial charge on any atom is -0.312 e. The number of anilines is 1. The van der Waals surface area contributed by atoms with E-state index in [1.54, 1.807) is 18.2 Å². The Hall–Kier alpha value is -2.22. The van der Waals surface area contributed by atoms with Crippen LogP contribution >= 0.6 is 0 Å². The fraction of sp³-hybridized carbons (Fsp3) is 0.458. The summed E-state index contributed by atoms with van der Waals surface area (Å²) in [6, 6.07) is 13.7. The fourth-order valence-electron chi connectivity index (χ4n) is 4.55. The third kappa shape index (κ3) is 4.54. The van der Waals surface area contributed by atoms with E-state index in [-0.39, 0.29) is 16.7 Å². The number of amides is 1. The highest BCUT2D eigenvalue weighted by atomic mass is 32.2. The molecule has 1 amide bonds. The van der Waals surface area contributed by atoms with E-state index < -0.39 is 10.0 Å². The zero-order valence-corrected chi connectivity index (χ0v) is 19.4. The second-order valence-corrected chi connectivity index (χ2v) is 11.0. The van der Waals surface area contributed by atoms with Gasteiger partial charge in [-0.15, -0.1) is 0 Å². The Kier molecular flexibility index (Phi) is 6.19. The average Bonchev–Trinajstić information content (AvgIpc) is 3.18. The maximum atomic E-state index is 13.4. The van der Waals surface area contributed by atoms with E-state index in [1.165, 1.54) is 29.5 Å². The van der Waals surface area contributed by atoms with Gasteiger partial charge < -0.3 is 4.90 Å². The summed E-state index contributed by atoms with van der Waals surface area (Å²) in [7, 11) is -0.410. The number of nitrogens with zero attached hydrogens (tertiary/aromatic N) is 3. The van der Waals surface area contributed by atoms with Crippen molar-refractivity contribution < 1.29 is 13.2 Å². The van der Waals surface area contributed by atoms with Crippen LogP contribution in [0.4, 0.5) is 5.69 Å². The van der Waals surface area contributed by atoms with Crippen LogP contribution in [0.25, 0.3) is 0 Å². The van der Waals surface area contributed by atoms with Gasteiger partial charge >= 0.3 is 0 Å². The molecule has 0 N–H and O–H groups in total. The molecule has 2 aliphatic rings. The molecule has 7 heteroatoms. The highest BCUT2D eigenvalue weighted by Gasteiger charge is 2.33. The lowest BCUT2D eigenvalue weighted by Gasteiger charge is -2.34. The number of hydrogen-bond donors (Lipinski definition) is 0. The first-order valence-corrected chi connectivity index (χ1v) is 12.3. The molecule has 4 rings (SSSR count). The Morgan fingerprint density at radius 1 is 1.10 bits per heavy atom. The highest BCUT2D eigenvalue weighted by Crippen LogP contribution is 2.33. The van der Waals surface area contributed by atoms with Crippen LogP contribution in [0, 0.1) is 12.8 Å². The third-order valence-electron chi connectivity index (χ3n) is 6.37. The first-order valence-electron chi connectivity index (χ1n) is 10.9. The summed E-state index contributed by atoms with van der Waals surface area (Å²) in [6.07, 6.45) is 2.61. The molecule has 31 heavy (non-hydrogen) atoms. The molecule has 1 atom stereocenters. The zero-order chi connectivity index (χ0) is 22.2. The van der Waals surface area contributed by atoms with Crippen molar-refractivity contribution in [2.24, 2.45) is 5.92 Å². The minimum absolute atomic E-state index is 0.0182. The molecule has 0 bridgehead atoms. The fourth-order valence-corrected chi connectivity index (χ4v) is 5.50. The number of carbonyl (C=O) groups excluding carboxylic acids is 1. The summed E-state index contributed by atoms with van der Waals surface area (Å²) >= 11 is 0. The normalized spacial score (nSPS) is 19.6. The number of hydrogen-bond acceptors (Lipinski definition) is 4. The number of sulfonamides is 1. The van der Waals surface area contributed by atoms with Gasteiger partial charge in [-0.3, -0.25) is 9.69 Å². The van der Waals surface area contributed by atoms with E-state index >= 15 is 0 Å². The largest absolute Gasteiger partial charge is 0.312 e. The van der Waals surface area contributed by atoms with Crippen LogP contribution in [-0.2, 0) is 27.8 Å². The van der Waals surface area contributed by atoms with Crippen LogP contribution in [0.2, 0.25) is 0 Å². The highest BCUT2D eigenvalue weighted by molar-refractivity contribution is 7.89. The number of likely N-dealkylation sites (tertiary alicyclic amines) is 1. The molecule has 2 heterocycles. The van der Waals surface area contributed by atoms with Crippen molar-refractivity contribution in [2.75, 3.05) is 38.6 Å². The van der Waals surface area contributed by atoms with Crippen molar-refractivity contribution >= 4 is 21.6 Å². The Balaban J connectivity index is 1.46. The van der Waals surface area contributed by atoms with Gasteiger partial charge in [0.15, 0.2) is 0 Å². The number of carbonyl (C=O) groups is 1. The molecular weight excluding hydrogens is 410 g/mol. The van der Waals surface area contributed by atoms with Crippen LogP contribution in [0.3, 0.4) is 0 Å². The second-order valence-electron chi connectivity index (χ2n) is 8.88. The molecule has 2 aromatic rings. The summed E-state index contributed by atoms with van der Waals surface area (Å²) in [6.45, 7) is 5.36. The molecule has 6 nitrogen and oxygen atoms in total. The number of fused-ring (bicyclic) bond motifs is 1. The summed E-state index contributed by atoms with van der Waals surface area (Å²) in [5, 5.41) is 0. The summed E-state index contributed by atoms with van der Waals surface area (Å²) in [5.74, 6) is 0.144. The molecule has 2 aromatic carbocycles. The Morgan fingerprint density at radius 2 is 1.84 bits per heavy atom. The van der Waals surface area contributed by atoms with Crippen LogP contribution in [0.1, 0.15) is 29.5 Å². The first-order chi connectivity index (χ1) is 14.8. The van der Waals surface area contributed by atoms with Crippen molar-refractivity contribution in [2.45, 2.75) is 37.6 Å². The van der Waals surface area contributed by atoms with E-state index in [9.17, 15) is 13.2 Å². The molecule has 1 saturated heterocycles. The Morgan fingerprint density at radius 3 is 2.55 bits per heavy atom. The predicted octanol–water partition coefficient (Wildman–Crippen LogP) is 3.05. The maximum absolute atomic E-state index is 13.4. The number of piperidine rings is 1. The van der Waals surface area contributed by atoms with Gasteiger partial charge in [-0.2, -0.15) is 0 Å².